The van der Waals surface area contributed by atoms with Crippen molar-refractivity contribution in [3.8, 4) is 0 Å². The number of piperazine rings is 1. The Morgan fingerprint density at radius 2 is 1.73 bits per heavy atom. The van der Waals surface area contributed by atoms with E-state index in [1.807, 2.05) is 31.2 Å². The summed E-state index contributed by atoms with van der Waals surface area (Å²) < 4.78 is 18.4. The molecule has 2 heterocycles. The number of aryl methyl sites for hydroxylation is 1. The molecule has 0 radical (unpaired) electrons. The second kappa shape index (κ2) is 8.49. The van der Waals surface area contributed by atoms with Gasteiger partial charge in [-0.3, -0.25) is 9.78 Å². The number of esters is 1. The lowest BCUT2D eigenvalue weighted by molar-refractivity contribution is -0.134. The van der Waals surface area contributed by atoms with Crippen LogP contribution in [0.2, 0.25) is 0 Å². The first-order valence-electron chi connectivity index (χ1n) is 9.83. The van der Waals surface area contributed by atoms with Crippen molar-refractivity contribution in [1.29, 1.82) is 0 Å². The number of ether oxygens (including phenoxy) is 1. The van der Waals surface area contributed by atoms with Crippen LogP contribution in [-0.2, 0) is 9.53 Å². The quantitative estimate of drug-likeness (QED) is 0.622. The zero-order valence-electron chi connectivity index (χ0n) is 16.7. The lowest BCUT2D eigenvalue weighted by Crippen LogP contribution is -2.49. The number of nitrogens with zero attached hydrogens (tertiary/aromatic N) is 3. The Balaban J connectivity index is 1.34. The first-order chi connectivity index (χ1) is 14.5. The highest BCUT2D eigenvalue weighted by molar-refractivity contribution is 6.04. The van der Waals surface area contributed by atoms with Gasteiger partial charge in [-0.05, 0) is 43.3 Å². The van der Waals surface area contributed by atoms with E-state index in [2.05, 4.69) is 9.88 Å². The topological polar surface area (TPSA) is 62.7 Å². The largest absolute Gasteiger partial charge is 0.452 e. The molecule has 2 aromatic carbocycles. The van der Waals surface area contributed by atoms with E-state index in [1.165, 1.54) is 12.1 Å². The molecule has 7 heteroatoms. The Labute approximate surface area is 173 Å². The molecule has 1 aromatic heterocycles. The van der Waals surface area contributed by atoms with Gasteiger partial charge in [0.2, 0.25) is 0 Å². The van der Waals surface area contributed by atoms with Crippen LogP contribution < -0.4 is 4.90 Å². The number of halogens is 1. The fraction of sp³-hybridized carbons (Fsp3) is 0.261. The number of carbonyl (C=O) groups excluding carboxylic acids is 2. The van der Waals surface area contributed by atoms with E-state index in [1.54, 1.807) is 23.1 Å². The molecule has 0 saturated carbocycles. The summed E-state index contributed by atoms with van der Waals surface area (Å²) in [6, 6.07) is 15.3. The number of anilines is 1. The maximum Gasteiger partial charge on any atom is 0.339 e. The van der Waals surface area contributed by atoms with E-state index >= 15 is 0 Å². The highest BCUT2D eigenvalue weighted by Crippen LogP contribution is 2.20. The molecule has 0 N–H and O–H groups in total. The predicted octanol–water partition coefficient (Wildman–Crippen LogP) is 3.19. The van der Waals surface area contributed by atoms with Gasteiger partial charge >= 0.3 is 5.97 Å². The minimum absolute atomic E-state index is 0.225. The van der Waals surface area contributed by atoms with Crippen molar-refractivity contribution in [2.45, 2.75) is 6.92 Å². The lowest BCUT2D eigenvalue weighted by Gasteiger charge is -2.36. The zero-order valence-corrected chi connectivity index (χ0v) is 16.7. The molecule has 0 spiro atoms. The predicted molar refractivity (Wildman–Crippen MR) is 112 cm³/mol. The molecule has 3 aromatic rings. The Kier molecular flexibility index (Phi) is 5.61. The van der Waals surface area contributed by atoms with Crippen LogP contribution in [0.4, 0.5) is 10.1 Å². The van der Waals surface area contributed by atoms with Gasteiger partial charge in [0, 0.05) is 42.9 Å². The van der Waals surface area contributed by atoms with Gasteiger partial charge in [0.15, 0.2) is 6.61 Å². The number of hydrogen-bond acceptors (Lipinski definition) is 5. The Hall–Kier alpha value is -3.48. The third-order valence-corrected chi connectivity index (χ3v) is 5.22. The molecular formula is C23H22FN3O3. The molecule has 0 bridgehead atoms. The highest BCUT2D eigenvalue weighted by Gasteiger charge is 2.23. The maximum atomic E-state index is 13.1. The molecule has 1 fully saturated rings. The number of rotatable bonds is 4. The number of pyridine rings is 1. The van der Waals surface area contributed by atoms with Crippen molar-refractivity contribution < 1.29 is 18.7 Å². The lowest BCUT2D eigenvalue weighted by atomic mass is 10.1. The van der Waals surface area contributed by atoms with Crippen LogP contribution in [0, 0.1) is 12.7 Å². The van der Waals surface area contributed by atoms with Crippen molar-refractivity contribution in [3.63, 3.8) is 0 Å². The molecule has 1 amide bonds. The number of carbonyl (C=O) groups is 2. The summed E-state index contributed by atoms with van der Waals surface area (Å²) in [7, 11) is 0. The van der Waals surface area contributed by atoms with E-state index in [4.69, 9.17) is 4.74 Å². The minimum Gasteiger partial charge on any atom is -0.452 e. The van der Waals surface area contributed by atoms with Gasteiger partial charge in [0.1, 0.15) is 5.82 Å². The third kappa shape index (κ3) is 4.25. The van der Waals surface area contributed by atoms with Crippen LogP contribution in [-0.4, -0.2) is 54.5 Å². The first-order valence-corrected chi connectivity index (χ1v) is 9.83. The van der Waals surface area contributed by atoms with Crippen LogP contribution in [0.5, 0.6) is 0 Å². The van der Waals surface area contributed by atoms with Crippen molar-refractivity contribution in [1.82, 2.24) is 9.88 Å². The molecule has 1 saturated heterocycles. The molecule has 1 aliphatic rings. The van der Waals surface area contributed by atoms with E-state index in [0.717, 1.165) is 5.69 Å². The van der Waals surface area contributed by atoms with Gasteiger partial charge in [0.25, 0.3) is 5.91 Å². The van der Waals surface area contributed by atoms with Crippen LogP contribution in [0.1, 0.15) is 16.1 Å². The number of amides is 1. The zero-order chi connectivity index (χ0) is 21.1. The van der Waals surface area contributed by atoms with Crippen molar-refractivity contribution in [2.75, 3.05) is 37.7 Å². The fourth-order valence-corrected chi connectivity index (χ4v) is 3.64. The molecule has 4 rings (SSSR count). The minimum atomic E-state index is -0.532. The number of aromatic nitrogens is 1. The van der Waals surface area contributed by atoms with Crippen molar-refractivity contribution >= 4 is 28.5 Å². The monoisotopic (exact) mass is 407 g/mol. The van der Waals surface area contributed by atoms with Gasteiger partial charge in [-0.2, -0.15) is 0 Å². The van der Waals surface area contributed by atoms with Gasteiger partial charge in [-0.25, -0.2) is 9.18 Å². The van der Waals surface area contributed by atoms with Gasteiger partial charge in [-0.15, -0.1) is 0 Å². The average Bonchev–Trinajstić information content (AvgIpc) is 2.77. The second-order valence-corrected chi connectivity index (χ2v) is 7.25. The average molecular weight is 407 g/mol. The molecule has 0 aliphatic carbocycles. The Morgan fingerprint density at radius 3 is 2.47 bits per heavy atom. The maximum absolute atomic E-state index is 13.1. The molecule has 6 nitrogen and oxygen atoms in total. The summed E-state index contributed by atoms with van der Waals surface area (Å²) in [5.74, 6) is -1.03. The molecule has 30 heavy (non-hydrogen) atoms. The summed E-state index contributed by atoms with van der Waals surface area (Å²) >= 11 is 0. The van der Waals surface area contributed by atoms with Crippen molar-refractivity contribution in [2.24, 2.45) is 0 Å². The standard InChI is InChI=1S/C23H22FN3O3/c1-16-14-20(19-4-2-3-5-21(19)25-16)23(29)30-15-22(28)27-12-10-26(11-13-27)18-8-6-17(24)7-9-18/h2-9,14H,10-13,15H2,1H3. The fourth-order valence-electron chi connectivity index (χ4n) is 3.64. The smallest absolute Gasteiger partial charge is 0.339 e. The highest BCUT2D eigenvalue weighted by atomic mass is 19.1. The SMILES string of the molecule is Cc1cc(C(=O)OCC(=O)N2CCN(c3ccc(F)cc3)CC2)c2ccccc2n1. The van der Waals surface area contributed by atoms with E-state index in [-0.39, 0.29) is 18.3 Å². The number of para-hydroxylation sites is 1. The first kappa shape index (κ1) is 19.8. The van der Waals surface area contributed by atoms with E-state index < -0.39 is 5.97 Å². The summed E-state index contributed by atoms with van der Waals surface area (Å²) in [6.45, 7) is 3.83. The summed E-state index contributed by atoms with van der Waals surface area (Å²) in [5.41, 5.74) is 2.76. The van der Waals surface area contributed by atoms with Crippen LogP contribution in [0.15, 0.2) is 54.6 Å². The van der Waals surface area contributed by atoms with Crippen LogP contribution >= 0.6 is 0 Å². The van der Waals surface area contributed by atoms with E-state index in [9.17, 15) is 14.0 Å². The molecular weight excluding hydrogens is 385 g/mol. The van der Waals surface area contributed by atoms with Gasteiger partial charge < -0.3 is 14.5 Å². The van der Waals surface area contributed by atoms with E-state index in [0.29, 0.717) is 48.3 Å². The Morgan fingerprint density at radius 1 is 1.03 bits per heavy atom. The number of benzene rings is 2. The number of hydrogen-bond donors (Lipinski definition) is 0. The van der Waals surface area contributed by atoms with Gasteiger partial charge in [0.05, 0.1) is 11.1 Å². The Bertz CT molecular complexity index is 1080. The van der Waals surface area contributed by atoms with Crippen molar-refractivity contribution in [3.05, 3.63) is 71.7 Å². The normalized spacial score (nSPS) is 14.1. The summed E-state index contributed by atoms with van der Waals surface area (Å²) in [5, 5.41) is 0.702. The van der Waals surface area contributed by atoms with Gasteiger partial charge in [-0.1, -0.05) is 18.2 Å². The molecule has 0 unspecified atom stereocenters. The van der Waals surface area contributed by atoms with Crippen LogP contribution in [0.25, 0.3) is 10.9 Å². The third-order valence-electron chi connectivity index (χ3n) is 5.22. The summed E-state index contributed by atoms with van der Waals surface area (Å²) in [4.78, 5) is 33.3. The second-order valence-electron chi connectivity index (χ2n) is 7.25. The number of fused-ring (bicyclic) bond motifs is 1. The summed E-state index contributed by atoms with van der Waals surface area (Å²) in [6.07, 6.45) is 0. The molecule has 1 aliphatic heterocycles. The molecule has 0 atom stereocenters. The molecule has 154 valence electrons. The van der Waals surface area contributed by atoms with Crippen LogP contribution in [0.3, 0.4) is 0 Å².